The Morgan fingerprint density at radius 2 is 0.440 bits per heavy atom. The normalized spacial score (nSPS) is 12.0. The summed E-state index contributed by atoms with van der Waals surface area (Å²) in [6.45, 7) is 0. The molecule has 1 aliphatic rings. The fourth-order valence-corrected chi connectivity index (χ4v) is 0.385. The second-order valence-corrected chi connectivity index (χ2v) is 3.70. The SMILES string of the molecule is C1CC1.F[B-](F)(F)F.F[B-](F)(F)F.F[B-](F)(F)F.[KH].c1ccccc1. The van der Waals surface area contributed by atoms with Crippen LogP contribution in [0.4, 0.5) is 51.8 Å². The van der Waals surface area contributed by atoms with Crippen molar-refractivity contribution < 1.29 is 51.8 Å². The third-order valence-corrected chi connectivity index (χ3v) is 1.02. The third-order valence-electron chi connectivity index (χ3n) is 1.02. The van der Waals surface area contributed by atoms with E-state index in [1.165, 1.54) is 19.3 Å². The van der Waals surface area contributed by atoms with Gasteiger partial charge in [-0.05, 0) is 0 Å². The van der Waals surface area contributed by atoms with E-state index in [9.17, 15) is 51.8 Å². The Morgan fingerprint density at radius 1 is 0.360 bits per heavy atom. The van der Waals surface area contributed by atoms with Crippen molar-refractivity contribution in [3.8, 4) is 0 Å². The maximum atomic E-state index is 9.75. The van der Waals surface area contributed by atoms with Gasteiger partial charge in [-0.1, -0.05) is 55.7 Å². The van der Waals surface area contributed by atoms with Crippen molar-refractivity contribution in [1.82, 2.24) is 0 Å². The van der Waals surface area contributed by atoms with E-state index < -0.39 is 21.8 Å². The van der Waals surface area contributed by atoms with Gasteiger partial charge in [0.2, 0.25) is 0 Å². The van der Waals surface area contributed by atoms with Crippen molar-refractivity contribution >= 4 is 73.1 Å². The molecule has 0 saturated heterocycles. The first kappa shape index (κ1) is 32.8. The van der Waals surface area contributed by atoms with Gasteiger partial charge in [0.1, 0.15) is 0 Å². The minimum Gasteiger partial charge on any atom is -0.0623 e. The molecule has 25 heavy (non-hydrogen) atoms. The first-order valence-corrected chi connectivity index (χ1v) is 6.12. The molecule has 2 rings (SSSR count). The molecule has 16 heteroatoms. The summed E-state index contributed by atoms with van der Waals surface area (Å²) >= 11 is 0. The smallest absolute Gasteiger partial charge is 0.0623 e. The third kappa shape index (κ3) is 230. The van der Waals surface area contributed by atoms with Gasteiger partial charge in [0.05, 0.1) is 0 Å². The van der Waals surface area contributed by atoms with Crippen LogP contribution in [-0.4, -0.2) is 73.1 Å². The molecule has 1 aromatic rings. The van der Waals surface area contributed by atoms with Crippen LogP contribution in [-0.2, 0) is 0 Å². The number of hydrogen-bond acceptors (Lipinski definition) is 0. The largest absolute Gasteiger partial charge is 0.0623 e. The van der Waals surface area contributed by atoms with Gasteiger partial charge in [-0.15, -0.1) is 0 Å². The zero-order chi connectivity index (χ0) is 19.9. The van der Waals surface area contributed by atoms with Crippen LogP contribution in [0.25, 0.3) is 0 Å². The quantitative estimate of drug-likeness (QED) is 0.351. The van der Waals surface area contributed by atoms with Crippen molar-refractivity contribution in [2.75, 3.05) is 0 Å². The number of hydrogen-bond donors (Lipinski definition) is 0. The molecule has 146 valence electrons. The fraction of sp³-hybridized carbons (Fsp3) is 0.333. The van der Waals surface area contributed by atoms with Crippen LogP contribution in [0.3, 0.4) is 0 Å². The molecule has 1 saturated carbocycles. The molecule has 0 aliphatic heterocycles. The number of benzene rings is 1. The van der Waals surface area contributed by atoms with Gasteiger partial charge in [-0.25, -0.2) is 0 Å². The standard InChI is InChI=1S/C6H6.C3H6.3BF4.K.H/c1-2-4-6-5-3-1;1-2-3-1;3*2-1(3,4)5;;/h1-6H;1-3H2;;;;;/q;;3*-1;;. The molecule has 0 spiro atoms. The fourth-order valence-electron chi connectivity index (χ4n) is 0.385. The van der Waals surface area contributed by atoms with Crippen LogP contribution in [0.1, 0.15) is 19.3 Å². The molecule has 0 atom stereocenters. The number of halogens is 12. The zero-order valence-electron chi connectivity index (χ0n) is 11.9. The summed E-state index contributed by atoms with van der Waals surface area (Å²) in [6.07, 6.45) is 4.50. The molecule has 0 nitrogen and oxygen atoms in total. The van der Waals surface area contributed by atoms with Gasteiger partial charge < -0.3 is 51.8 Å². The first-order chi connectivity index (χ1) is 10.5. The Balaban J connectivity index is -0.000000110. The molecule has 0 bridgehead atoms. The van der Waals surface area contributed by atoms with Crippen LogP contribution in [0.5, 0.6) is 0 Å². The predicted molar refractivity (Wildman–Crippen MR) is 78.0 cm³/mol. The predicted octanol–water partition coefficient (Wildman–Crippen LogP) is 6.11. The molecule has 0 amide bonds. The van der Waals surface area contributed by atoms with Crippen molar-refractivity contribution in [2.45, 2.75) is 19.3 Å². The minimum absolute atomic E-state index is 0. The van der Waals surface area contributed by atoms with E-state index in [0.29, 0.717) is 0 Å². The molecule has 1 aliphatic carbocycles. The second-order valence-electron chi connectivity index (χ2n) is 3.70. The summed E-state index contributed by atoms with van der Waals surface area (Å²) < 4.78 is 117. The molecule has 0 unspecified atom stereocenters. The second kappa shape index (κ2) is 17.6. The molecule has 0 radical (unpaired) electrons. The summed E-state index contributed by atoms with van der Waals surface area (Å²) in [5.41, 5.74) is 0. The average Bonchev–Trinajstić information content (AvgIpc) is 3.11. The van der Waals surface area contributed by atoms with E-state index in [1.807, 2.05) is 36.4 Å². The summed E-state index contributed by atoms with van der Waals surface area (Å²) in [5, 5.41) is 0. The summed E-state index contributed by atoms with van der Waals surface area (Å²) in [6, 6.07) is 12.0. The Kier molecular flexibility index (Phi) is 23.1. The van der Waals surface area contributed by atoms with Crippen molar-refractivity contribution in [3.05, 3.63) is 36.4 Å². The Labute approximate surface area is 179 Å². The number of rotatable bonds is 0. The van der Waals surface area contributed by atoms with Crippen LogP contribution in [0, 0.1) is 0 Å². The molecule has 1 fully saturated rings. The average molecular weight is 421 g/mol. The molecule has 1 aromatic carbocycles. The molecule has 0 aromatic heterocycles. The van der Waals surface area contributed by atoms with Crippen LogP contribution < -0.4 is 0 Å². The first-order valence-electron chi connectivity index (χ1n) is 6.12. The Bertz CT molecular complexity index is 289. The summed E-state index contributed by atoms with van der Waals surface area (Å²) in [4.78, 5) is 0. The van der Waals surface area contributed by atoms with Gasteiger partial charge in [0.25, 0.3) is 0 Å². The molecule has 0 N–H and O–H groups in total. The van der Waals surface area contributed by atoms with E-state index in [-0.39, 0.29) is 51.4 Å². The molecular weight excluding hydrogens is 408 g/mol. The summed E-state index contributed by atoms with van der Waals surface area (Å²) in [7, 11) is -18.0. The van der Waals surface area contributed by atoms with E-state index in [1.54, 1.807) is 0 Å². The maximum Gasteiger partial charge on any atom is -0.0623 e. The van der Waals surface area contributed by atoms with Gasteiger partial charge in [0, 0.05) is 0 Å². The molecular formula is C9H13B3F12K-3. The monoisotopic (exact) mass is 421 g/mol. The van der Waals surface area contributed by atoms with Crippen LogP contribution >= 0.6 is 0 Å². The maximum absolute atomic E-state index is 9.75. The van der Waals surface area contributed by atoms with Gasteiger partial charge in [-0.2, -0.15) is 0 Å². The van der Waals surface area contributed by atoms with Crippen molar-refractivity contribution in [2.24, 2.45) is 0 Å². The molecule has 0 heterocycles. The zero-order valence-corrected chi connectivity index (χ0v) is 11.9. The van der Waals surface area contributed by atoms with E-state index in [4.69, 9.17) is 0 Å². The van der Waals surface area contributed by atoms with Gasteiger partial charge in [-0.3, -0.25) is 0 Å². The van der Waals surface area contributed by atoms with E-state index in [0.717, 1.165) is 0 Å². The topological polar surface area (TPSA) is 0 Å². The minimum atomic E-state index is -6.00. The van der Waals surface area contributed by atoms with Gasteiger partial charge >= 0.3 is 73.1 Å². The van der Waals surface area contributed by atoms with E-state index >= 15 is 0 Å². The Morgan fingerprint density at radius 3 is 0.480 bits per heavy atom. The van der Waals surface area contributed by atoms with Crippen molar-refractivity contribution in [3.63, 3.8) is 0 Å². The van der Waals surface area contributed by atoms with Crippen LogP contribution in [0.2, 0.25) is 0 Å². The van der Waals surface area contributed by atoms with Gasteiger partial charge in [0.15, 0.2) is 0 Å². The Hall–Kier alpha value is 0.211. The van der Waals surface area contributed by atoms with E-state index in [2.05, 4.69) is 0 Å². The van der Waals surface area contributed by atoms with Crippen molar-refractivity contribution in [1.29, 1.82) is 0 Å². The van der Waals surface area contributed by atoms with Crippen LogP contribution in [0.15, 0.2) is 36.4 Å². The summed E-state index contributed by atoms with van der Waals surface area (Å²) in [5.74, 6) is 0.